The zero-order chi connectivity index (χ0) is 79.4. The van der Waals surface area contributed by atoms with Crippen molar-refractivity contribution in [3.63, 3.8) is 0 Å². The summed E-state index contributed by atoms with van der Waals surface area (Å²) in [5, 5.41) is 26.9. The number of Topliss-reactive ketones (excluding diaryl/α,β-unsaturated/α-hetero) is 1. The largest absolute Gasteiger partial charge is 0.497 e. The molecule has 114 heavy (non-hydrogen) atoms. The Kier molecular flexibility index (Phi) is 24.4. The van der Waals surface area contributed by atoms with Crippen molar-refractivity contribution >= 4 is 69.7 Å². The predicted octanol–water partition coefficient (Wildman–Crippen LogP) is 12.1. The number of nitrogens with zero attached hydrogens (tertiary/aromatic N) is 10. The first-order chi connectivity index (χ1) is 55.5. The Morgan fingerprint density at radius 1 is 0.509 bits per heavy atom. The number of hydrogen-bond acceptors (Lipinski definition) is 22. The monoisotopic (exact) mass is 1540 g/mol. The third kappa shape index (κ3) is 17.0. The lowest BCUT2D eigenvalue weighted by atomic mass is 9.80. The summed E-state index contributed by atoms with van der Waals surface area (Å²) in [5.74, 6) is 0.516. The number of ketones is 1. The molecule has 4 N–H and O–H groups in total. The van der Waals surface area contributed by atoms with Crippen molar-refractivity contribution in [2.45, 2.75) is 113 Å². The molecule has 6 heterocycles. The van der Waals surface area contributed by atoms with Crippen LogP contribution in [0.1, 0.15) is 122 Å². The van der Waals surface area contributed by atoms with E-state index in [1.807, 2.05) is 127 Å². The van der Waals surface area contributed by atoms with Crippen LogP contribution in [0.2, 0.25) is 0 Å². The number of methoxy groups -OCH3 is 2. The van der Waals surface area contributed by atoms with Crippen molar-refractivity contribution < 1.29 is 76.9 Å². The van der Waals surface area contributed by atoms with Crippen LogP contribution in [-0.4, -0.2) is 187 Å². The number of amides is 4. The second-order valence-corrected chi connectivity index (χ2v) is 28.4. The van der Waals surface area contributed by atoms with Crippen molar-refractivity contribution in [3.05, 3.63) is 240 Å². The molecule has 2 aliphatic heterocycles. The lowest BCUT2D eigenvalue weighted by Crippen LogP contribution is -2.38. The fourth-order valence-electron chi connectivity index (χ4n) is 15.2. The Balaban J connectivity index is 0.000000196. The van der Waals surface area contributed by atoms with Crippen LogP contribution in [0.15, 0.2) is 201 Å². The number of hydrogen-bond donors (Lipinski definition) is 4. The number of aromatic nitrogens is 8. The van der Waals surface area contributed by atoms with E-state index in [-0.39, 0.29) is 106 Å². The topological polar surface area (TPSA) is 334 Å². The van der Waals surface area contributed by atoms with E-state index in [1.165, 1.54) is 35.7 Å². The third-order valence-electron chi connectivity index (χ3n) is 21.1. The van der Waals surface area contributed by atoms with Gasteiger partial charge in [0.2, 0.25) is 11.8 Å². The Bertz CT molecular complexity index is 5120. The van der Waals surface area contributed by atoms with E-state index in [2.05, 4.69) is 89.1 Å². The first-order valence-electron chi connectivity index (χ1n) is 37.8. The quantitative estimate of drug-likeness (QED) is 0.0192. The number of esters is 1. The van der Waals surface area contributed by atoms with E-state index in [0.717, 1.165) is 61.2 Å². The summed E-state index contributed by atoms with van der Waals surface area (Å²) >= 11 is 0. The van der Waals surface area contributed by atoms with Crippen LogP contribution < -0.4 is 20.1 Å². The molecule has 2 fully saturated rings. The summed E-state index contributed by atoms with van der Waals surface area (Å²) in [6, 6.07) is 58.1. The molecule has 2 aliphatic carbocycles. The van der Waals surface area contributed by atoms with Gasteiger partial charge in [0.15, 0.2) is 34.0 Å². The van der Waals surface area contributed by atoms with E-state index in [1.54, 1.807) is 43.8 Å². The van der Waals surface area contributed by atoms with Crippen molar-refractivity contribution in [2.75, 3.05) is 78.5 Å². The Hall–Kier alpha value is -12.3. The van der Waals surface area contributed by atoms with Gasteiger partial charge in [-0.3, -0.25) is 23.5 Å². The SMILES string of the molecule is CC(=O)CCC(=O)OC1C[C@H](n2cnc3c(NC(=O)CCCN(C)C(=O)OCC4c5ccccc5-c5ccccc54)ncnc32)OC1CO.COc1ccc(C(OC[C@H]2O[C@@H](n3cnc4c(NC(=O)CCCN(C)C(=O)OCC5c6ccccc6-c6ccccc65)ncnc43)C[C@H]2O)(c2ccccc2)c2ccc(OC)cc2)cc1. The molecule has 28 nitrogen and oxygen atoms in total. The number of benzene rings is 7. The van der Waals surface area contributed by atoms with E-state index < -0.39 is 60.6 Å². The average molecular weight is 1550 g/mol. The molecule has 28 heteroatoms. The smallest absolute Gasteiger partial charge is 0.409 e. The van der Waals surface area contributed by atoms with Gasteiger partial charge in [0.25, 0.3) is 0 Å². The number of ether oxygens (including phenoxy) is 8. The molecule has 2 saturated heterocycles. The van der Waals surface area contributed by atoms with Gasteiger partial charge in [0.1, 0.15) is 79.5 Å². The number of fused-ring (bicyclic) bond motifs is 8. The van der Waals surface area contributed by atoms with Crippen molar-refractivity contribution in [3.8, 4) is 33.8 Å². The average Bonchev–Trinajstić information content (AvgIpc) is 1.15. The van der Waals surface area contributed by atoms with Gasteiger partial charge in [-0.2, -0.15) is 0 Å². The molecular formula is C86H88N12O16. The fraction of sp³-hybridized carbons (Fsp3) is 0.326. The van der Waals surface area contributed by atoms with Crippen LogP contribution in [0.3, 0.4) is 0 Å². The van der Waals surface area contributed by atoms with Crippen LogP contribution in [-0.2, 0) is 53.2 Å². The highest BCUT2D eigenvalue weighted by Crippen LogP contribution is 2.48. The van der Waals surface area contributed by atoms with E-state index in [9.17, 15) is 39.0 Å². The summed E-state index contributed by atoms with van der Waals surface area (Å²) in [6.07, 6.45) is 1.93. The number of aliphatic hydroxyl groups excluding tert-OH is 2. The van der Waals surface area contributed by atoms with Gasteiger partial charge in [-0.25, -0.2) is 39.5 Å². The minimum absolute atomic E-state index is 0.0318. The minimum atomic E-state index is -1.10. The third-order valence-corrected chi connectivity index (χ3v) is 21.1. The normalized spacial score (nSPS) is 17.4. The molecular weight excluding hydrogens is 1460 g/mol. The van der Waals surface area contributed by atoms with Gasteiger partial charge in [0.05, 0.1) is 52.6 Å². The van der Waals surface area contributed by atoms with Crippen molar-refractivity contribution in [1.82, 2.24) is 48.8 Å². The first-order valence-corrected chi connectivity index (χ1v) is 37.8. The lowest BCUT2D eigenvalue weighted by molar-refractivity contribution is -0.153. The second-order valence-electron chi connectivity index (χ2n) is 28.4. The highest BCUT2D eigenvalue weighted by Gasteiger charge is 2.44. The Morgan fingerprint density at radius 2 is 0.930 bits per heavy atom. The van der Waals surface area contributed by atoms with E-state index in [0.29, 0.717) is 59.8 Å². The lowest BCUT2D eigenvalue weighted by Gasteiger charge is -2.37. The van der Waals surface area contributed by atoms with E-state index in [4.69, 9.17) is 37.9 Å². The van der Waals surface area contributed by atoms with Crippen LogP contribution in [0.5, 0.6) is 11.5 Å². The Morgan fingerprint density at radius 3 is 1.37 bits per heavy atom. The standard InChI is InChI=1S/C51H50N6O8.C35H38N6O8/c1-56(50(60)63-29-42-40-16-9-7-14-38(40)39-15-8-10-17-41(39)42)27-11-18-45(59)55-48-47-49(53-31-52-48)57(32-54-47)46-28-43(58)44(65-46)30-64-51(33-12-5-4-6-13-33,34-19-23-36(61-2)24-20-34)35-21-25-37(62-3)26-22-35;1-21(43)13-14-31(45)49-27-16-30(48-28(27)17-42)41-20-38-32-33(36-19-37-34(32)41)39-29(44)12-7-15-40(2)35(46)47-18-26-24-10-5-3-8-22(24)23-9-4-6-11-25(23)26/h4-10,12-17,19-26,31-32,42-44,46,58H,11,18,27-30H2,1-3H3,(H,52,53,55,59);3-6,8-11,19-20,26-28,30,42H,7,12-18H2,1-2H3,(H,36,37,39,44)/t43-,44-,46-;27?,28?,30-/m11/s1. The maximum atomic E-state index is 13.2. The zero-order valence-electron chi connectivity index (χ0n) is 63.7. The fourth-order valence-corrected chi connectivity index (χ4v) is 15.2. The predicted molar refractivity (Wildman–Crippen MR) is 420 cm³/mol. The maximum absolute atomic E-state index is 13.2. The number of imidazole rings is 2. The zero-order valence-corrected chi connectivity index (χ0v) is 63.7. The molecule has 0 radical (unpaired) electrons. The number of aliphatic hydroxyl groups is 2. The minimum Gasteiger partial charge on any atom is -0.497 e. The Labute approximate surface area is 657 Å². The molecule has 4 aromatic heterocycles. The van der Waals surface area contributed by atoms with Crippen LogP contribution >= 0.6 is 0 Å². The molecule has 0 bridgehead atoms. The van der Waals surface area contributed by atoms with Gasteiger partial charge in [-0.15, -0.1) is 0 Å². The summed E-state index contributed by atoms with van der Waals surface area (Å²) in [7, 11) is 6.56. The van der Waals surface area contributed by atoms with Crippen LogP contribution in [0.4, 0.5) is 21.2 Å². The van der Waals surface area contributed by atoms with Crippen molar-refractivity contribution in [2.24, 2.45) is 0 Å². The number of anilines is 2. The maximum Gasteiger partial charge on any atom is 0.409 e. The van der Waals surface area contributed by atoms with Gasteiger partial charge < -0.3 is 73.3 Å². The first kappa shape index (κ1) is 78.4. The van der Waals surface area contributed by atoms with Gasteiger partial charge in [0, 0.05) is 71.1 Å². The van der Waals surface area contributed by atoms with Gasteiger partial charge in [-0.05, 0) is 105 Å². The molecule has 4 aliphatic rings. The molecule has 0 spiro atoms. The molecule has 4 amide bonds. The summed E-state index contributed by atoms with van der Waals surface area (Å²) in [5.41, 5.74) is 12.2. The molecule has 7 aromatic carbocycles. The van der Waals surface area contributed by atoms with Gasteiger partial charge >= 0.3 is 18.2 Å². The summed E-state index contributed by atoms with van der Waals surface area (Å²) in [4.78, 5) is 104. The van der Waals surface area contributed by atoms with Crippen LogP contribution in [0, 0.1) is 0 Å². The van der Waals surface area contributed by atoms with Gasteiger partial charge in [-0.1, -0.05) is 152 Å². The molecule has 15 rings (SSSR count). The number of carbonyl (C=O) groups is 6. The summed E-state index contributed by atoms with van der Waals surface area (Å²) < 4.78 is 50.8. The van der Waals surface area contributed by atoms with E-state index >= 15 is 0 Å². The molecule has 2 unspecified atom stereocenters. The van der Waals surface area contributed by atoms with Crippen LogP contribution in [0.25, 0.3) is 44.6 Å². The number of nitrogens with one attached hydrogen (secondary N) is 2. The highest BCUT2D eigenvalue weighted by atomic mass is 16.6. The molecule has 6 atom stereocenters. The molecule has 11 aromatic rings. The number of rotatable bonds is 29. The summed E-state index contributed by atoms with van der Waals surface area (Å²) in [6.45, 7) is 2.12. The molecule has 588 valence electrons. The van der Waals surface area contributed by atoms with Crippen molar-refractivity contribution in [1.29, 1.82) is 0 Å². The number of carbonyl (C=O) groups excluding carboxylic acids is 6. The second kappa shape index (κ2) is 35.6. The molecule has 0 saturated carbocycles. The highest BCUT2D eigenvalue weighted by molar-refractivity contribution is 5.98.